The molecule has 1 heterocycles. The molecular formula is C17H22N2O4S2. The molecule has 136 valence electrons. The summed E-state index contributed by atoms with van der Waals surface area (Å²) in [6.07, 6.45) is 3.97. The van der Waals surface area contributed by atoms with Crippen LogP contribution in [0.15, 0.2) is 53.7 Å². The largest absolute Gasteiger partial charge is 0.264 e. The molecule has 2 aromatic rings. The normalized spacial score (nSPS) is 13.8. The number of pyridine rings is 1. The van der Waals surface area contributed by atoms with Gasteiger partial charge in [0.05, 0.1) is 11.2 Å². The Morgan fingerprint density at radius 2 is 1.64 bits per heavy atom. The van der Waals surface area contributed by atoms with E-state index in [0.29, 0.717) is 5.56 Å². The molecule has 0 aliphatic heterocycles. The molecule has 1 atom stereocenters. The van der Waals surface area contributed by atoms with Crippen molar-refractivity contribution in [3.8, 4) is 0 Å². The Morgan fingerprint density at radius 1 is 1.00 bits per heavy atom. The molecule has 0 saturated heterocycles. The monoisotopic (exact) mass is 382 g/mol. The van der Waals surface area contributed by atoms with Crippen LogP contribution in [0, 0.1) is 0 Å². The van der Waals surface area contributed by atoms with Gasteiger partial charge in [-0.15, -0.1) is 0 Å². The average Bonchev–Trinajstić information content (AvgIpc) is 2.55. The van der Waals surface area contributed by atoms with Crippen molar-refractivity contribution < 1.29 is 16.8 Å². The first kappa shape index (κ1) is 19.6. The van der Waals surface area contributed by atoms with E-state index >= 15 is 0 Å². The number of sulfone groups is 1. The highest BCUT2D eigenvalue weighted by atomic mass is 32.2. The Labute approximate surface area is 149 Å². The molecule has 8 heteroatoms. The van der Waals surface area contributed by atoms with Crippen LogP contribution in [0.4, 0.5) is 0 Å². The molecular weight excluding hydrogens is 360 g/mol. The van der Waals surface area contributed by atoms with Crippen LogP contribution in [0.2, 0.25) is 0 Å². The lowest BCUT2D eigenvalue weighted by Crippen LogP contribution is -2.31. The van der Waals surface area contributed by atoms with Gasteiger partial charge in [-0.2, -0.15) is 0 Å². The molecule has 0 spiro atoms. The lowest BCUT2D eigenvalue weighted by atomic mass is 10.0. The van der Waals surface area contributed by atoms with E-state index in [1.54, 1.807) is 36.4 Å². The molecule has 0 saturated carbocycles. The fourth-order valence-electron chi connectivity index (χ4n) is 2.41. The minimum absolute atomic E-state index is 0.154. The van der Waals surface area contributed by atoms with Crippen LogP contribution in [-0.2, 0) is 19.9 Å². The van der Waals surface area contributed by atoms with Gasteiger partial charge in [0.15, 0.2) is 9.84 Å². The zero-order chi connectivity index (χ0) is 18.7. The summed E-state index contributed by atoms with van der Waals surface area (Å²) in [6.45, 7) is 3.80. The zero-order valence-electron chi connectivity index (χ0n) is 14.4. The molecule has 0 radical (unpaired) electrons. The Morgan fingerprint density at radius 3 is 2.12 bits per heavy atom. The molecule has 0 fully saturated rings. The fourth-order valence-corrected chi connectivity index (χ4v) is 4.63. The van der Waals surface area contributed by atoms with E-state index in [0.717, 1.165) is 11.8 Å². The van der Waals surface area contributed by atoms with E-state index in [-0.39, 0.29) is 17.4 Å². The molecule has 2 rings (SSSR count). The van der Waals surface area contributed by atoms with E-state index in [2.05, 4.69) is 9.71 Å². The van der Waals surface area contributed by atoms with Gasteiger partial charge < -0.3 is 0 Å². The number of nitrogens with one attached hydrogen (secondary N) is 1. The standard InChI is InChI=1S/C17H22N2O4S2/c1-13(2)14-6-8-16(9-7-14)25(22,23)17(12-19-24(3,20)21)15-5-4-10-18-11-15/h4-11,13,17,19H,12H2,1-3H3/t17-/m1/s1. The van der Waals surface area contributed by atoms with Crippen molar-refractivity contribution in [3.63, 3.8) is 0 Å². The highest BCUT2D eigenvalue weighted by molar-refractivity contribution is 7.92. The SMILES string of the molecule is CC(C)c1ccc(S(=O)(=O)[C@H](CNS(C)(=O)=O)c2cccnc2)cc1. The maximum Gasteiger partial charge on any atom is 0.208 e. The summed E-state index contributed by atoms with van der Waals surface area (Å²) in [5, 5.41) is -1.05. The summed E-state index contributed by atoms with van der Waals surface area (Å²) in [4.78, 5) is 4.11. The van der Waals surface area contributed by atoms with E-state index in [1.165, 1.54) is 12.4 Å². The second kappa shape index (κ2) is 7.63. The minimum atomic E-state index is -3.79. The summed E-state index contributed by atoms with van der Waals surface area (Å²) in [5.74, 6) is 0.290. The summed E-state index contributed by atoms with van der Waals surface area (Å²) in [5.41, 5.74) is 1.47. The molecule has 1 N–H and O–H groups in total. The average molecular weight is 383 g/mol. The predicted molar refractivity (Wildman–Crippen MR) is 97.5 cm³/mol. The highest BCUT2D eigenvalue weighted by Gasteiger charge is 2.30. The topological polar surface area (TPSA) is 93.2 Å². The Balaban J connectivity index is 2.43. The molecule has 0 aliphatic carbocycles. The molecule has 1 aromatic carbocycles. The first-order valence-corrected chi connectivity index (χ1v) is 11.2. The second-order valence-electron chi connectivity index (χ2n) is 6.16. The number of nitrogens with zero attached hydrogens (tertiary/aromatic N) is 1. The van der Waals surface area contributed by atoms with Crippen molar-refractivity contribution in [2.45, 2.75) is 29.9 Å². The van der Waals surface area contributed by atoms with Crippen LogP contribution in [-0.4, -0.2) is 34.6 Å². The van der Waals surface area contributed by atoms with Gasteiger partial charge in [-0.3, -0.25) is 4.98 Å². The van der Waals surface area contributed by atoms with Crippen molar-refractivity contribution >= 4 is 19.9 Å². The summed E-state index contributed by atoms with van der Waals surface area (Å²) in [6, 6.07) is 9.94. The number of hydrogen-bond acceptors (Lipinski definition) is 5. The Hall–Kier alpha value is -1.77. The fraction of sp³-hybridized carbons (Fsp3) is 0.353. The summed E-state index contributed by atoms with van der Waals surface area (Å²) >= 11 is 0. The van der Waals surface area contributed by atoms with Crippen LogP contribution in [0.5, 0.6) is 0 Å². The maximum atomic E-state index is 13.1. The lowest BCUT2D eigenvalue weighted by molar-refractivity contribution is 0.571. The first-order chi connectivity index (χ1) is 11.6. The number of hydrogen-bond donors (Lipinski definition) is 1. The first-order valence-electron chi connectivity index (χ1n) is 7.79. The second-order valence-corrected chi connectivity index (χ2v) is 10.1. The van der Waals surface area contributed by atoms with Crippen molar-refractivity contribution in [2.24, 2.45) is 0 Å². The summed E-state index contributed by atoms with van der Waals surface area (Å²) in [7, 11) is -7.31. The number of rotatable bonds is 7. The molecule has 0 unspecified atom stereocenters. The quantitative estimate of drug-likeness (QED) is 0.793. The molecule has 25 heavy (non-hydrogen) atoms. The predicted octanol–water partition coefficient (Wildman–Crippen LogP) is 2.27. The van der Waals surface area contributed by atoms with E-state index in [1.807, 2.05) is 13.8 Å². The molecule has 0 amide bonds. The third kappa shape index (κ3) is 5.10. The Bertz CT molecular complexity index is 907. The third-order valence-electron chi connectivity index (χ3n) is 3.84. The maximum absolute atomic E-state index is 13.1. The van der Waals surface area contributed by atoms with Gasteiger partial charge in [-0.1, -0.05) is 32.0 Å². The van der Waals surface area contributed by atoms with Crippen LogP contribution in [0.1, 0.15) is 36.1 Å². The van der Waals surface area contributed by atoms with Gasteiger partial charge in [0.2, 0.25) is 10.0 Å². The van der Waals surface area contributed by atoms with Gasteiger partial charge in [0.1, 0.15) is 5.25 Å². The van der Waals surface area contributed by atoms with Gasteiger partial charge in [0, 0.05) is 18.9 Å². The molecule has 0 aliphatic rings. The van der Waals surface area contributed by atoms with Crippen LogP contribution < -0.4 is 4.72 Å². The summed E-state index contributed by atoms with van der Waals surface area (Å²) < 4.78 is 51.3. The van der Waals surface area contributed by atoms with Crippen molar-refractivity contribution in [3.05, 3.63) is 59.9 Å². The minimum Gasteiger partial charge on any atom is -0.264 e. The third-order valence-corrected chi connectivity index (χ3v) is 6.65. The molecule has 6 nitrogen and oxygen atoms in total. The molecule has 0 bridgehead atoms. The lowest BCUT2D eigenvalue weighted by Gasteiger charge is -2.18. The van der Waals surface area contributed by atoms with Crippen molar-refractivity contribution in [1.82, 2.24) is 9.71 Å². The molecule has 1 aromatic heterocycles. The van der Waals surface area contributed by atoms with Gasteiger partial charge in [0.25, 0.3) is 0 Å². The number of aromatic nitrogens is 1. The van der Waals surface area contributed by atoms with Gasteiger partial charge in [-0.25, -0.2) is 21.6 Å². The number of sulfonamides is 1. The van der Waals surface area contributed by atoms with E-state index in [9.17, 15) is 16.8 Å². The van der Waals surface area contributed by atoms with Gasteiger partial charge in [-0.05, 0) is 35.2 Å². The van der Waals surface area contributed by atoms with Crippen LogP contribution >= 0.6 is 0 Å². The van der Waals surface area contributed by atoms with Crippen molar-refractivity contribution in [1.29, 1.82) is 0 Å². The van der Waals surface area contributed by atoms with E-state index in [4.69, 9.17) is 0 Å². The van der Waals surface area contributed by atoms with Crippen LogP contribution in [0.25, 0.3) is 0 Å². The van der Waals surface area contributed by atoms with Crippen molar-refractivity contribution in [2.75, 3.05) is 12.8 Å². The highest BCUT2D eigenvalue weighted by Crippen LogP contribution is 2.29. The van der Waals surface area contributed by atoms with E-state index < -0.39 is 25.1 Å². The Kier molecular flexibility index (Phi) is 5.97. The van der Waals surface area contributed by atoms with Gasteiger partial charge >= 0.3 is 0 Å². The zero-order valence-corrected chi connectivity index (χ0v) is 16.0. The number of benzene rings is 1. The van der Waals surface area contributed by atoms with Crippen LogP contribution in [0.3, 0.4) is 0 Å². The smallest absolute Gasteiger partial charge is 0.208 e.